The monoisotopic (exact) mass is 380 g/mol. The van der Waals surface area contributed by atoms with Crippen LogP contribution in [0.15, 0.2) is 99.2 Å². The molecule has 4 rings (SSSR count). The molecule has 0 aliphatic heterocycles. The summed E-state index contributed by atoms with van der Waals surface area (Å²) in [5, 5.41) is 0. The molecule has 0 aromatic heterocycles. The summed E-state index contributed by atoms with van der Waals surface area (Å²) in [6, 6.07) is 18.0. The molecule has 0 saturated heterocycles. The van der Waals surface area contributed by atoms with Crippen LogP contribution in [0.3, 0.4) is 0 Å². The van der Waals surface area contributed by atoms with Crippen molar-refractivity contribution < 1.29 is 0 Å². The predicted octanol–water partition coefficient (Wildman–Crippen LogP) is 7.27. The van der Waals surface area contributed by atoms with Crippen LogP contribution in [0.2, 0.25) is 0 Å². The van der Waals surface area contributed by atoms with E-state index in [0.29, 0.717) is 0 Å². The Morgan fingerprint density at radius 1 is 0.690 bits per heavy atom. The third-order valence-electron chi connectivity index (χ3n) is 7.67. The van der Waals surface area contributed by atoms with Crippen LogP contribution in [-0.2, 0) is 23.7 Å². The van der Waals surface area contributed by atoms with Gasteiger partial charge in [0.05, 0.1) is 0 Å². The lowest BCUT2D eigenvalue weighted by atomic mass is 9.56. The van der Waals surface area contributed by atoms with Gasteiger partial charge in [-0.2, -0.15) is 0 Å². The Morgan fingerprint density at radius 2 is 1.21 bits per heavy atom. The van der Waals surface area contributed by atoms with E-state index < -0.39 is 0 Å². The van der Waals surface area contributed by atoms with Gasteiger partial charge in [-0.25, -0.2) is 0 Å². The minimum atomic E-state index is -0.0944. The van der Waals surface area contributed by atoms with Gasteiger partial charge in [0, 0.05) is 10.8 Å². The topological polar surface area (TPSA) is 0 Å². The smallest absolute Gasteiger partial charge is 0.0207 e. The molecule has 2 aromatic rings. The fourth-order valence-electron chi connectivity index (χ4n) is 6.54. The zero-order chi connectivity index (χ0) is 20.5. The molecular formula is C29H32. The average molecular weight is 381 g/mol. The molecule has 1 unspecified atom stereocenters. The van der Waals surface area contributed by atoms with Gasteiger partial charge >= 0.3 is 0 Å². The molecule has 0 spiro atoms. The number of hydrogen-bond donors (Lipinski definition) is 0. The summed E-state index contributed by atoms with van der Waals surface area (Å²) in [5.41, 5.74) is 5.89. The SMILES string of the molecule is C=CCC1(CC=C)CC(C=C)(C2(CC=C)Cc3ccccc3C2)c2ccccc21. The van der Waals surface area contributed by atoms with Gasteiger partial charge in [-0.3, -0.25) is 0 Å². The third kappa shape index (κ3) is 2.73. The quantitative estimate of drug-likeness (QED) is 0.423. The van der Waals surface area contributed by atoms with Crippen LogP contribution in [0.4, 0.5) is 0 Å². The van der Waals surface area contributed by atoms with Gasteiger partial charge < -0.3 is 0 Å². The van der Waals surface area contributed by atoms with Crippen LogP contribution in [0.25, 0.3) is 0 Å². The Balaban J connectivity index is 1.95. The molecule has 148 valence electrons. The molecule has 29 heavy (non-hydrogen) atoms. The molecular weight excluding hydrogens is 348 g/mol. The third-order valence-corrected chi connectivity index (χ3v) is 7.67. The summed E-state index contributed by atoms with van der Waals surface area (Å²) in [5.74, 6) is 0. The van der Waals surface area contributed by atoms with E-state index >= 15 is 0 Å². The maximum Gasteiger partial charge on any atom is 0.0207 e. The van der Waals surface area contributed by atoms with Crippen molar-refractivity contribution in [1.82, 2.24) is 0 Å². The minimum absolute atomic E-state index is 0.0389. The van der Waals surface area contributed by atoms with Gasteiger partial charge in [0.2, 0.25) is 0 Å². The average Bonchev–Trinajstić information content (AvgIpc) is 3.25. The van der Waals surface area contributed by atoms with Crippen LogP contribution >= 0.6 is 0 Å². The van der Waals surface area contributed by atoms with E-state index in [1.165, 1.54) is 22.3 Å². The Kier molecular flexibility index (Phi) is 4.99. The van der Waals surface area contributed by atoms with E-state index in [0.717, 1.165) is 38.5 Å². The first-order valence-corrected chi connectivity index (χ1v) is 10.7. The molecule has 0 N–H and O–H groups in total. The molecule has 2 aliphatic carbocycles. The van der Waals surface area contributed by atoms with Crippen LogP contribution in [0.1, 0.15) is 47.9 Å². The second-order valence-electron chi connectivity index (χ2n) is 9.06. The van der Waals surface area contributed by atoms with Gasteiger partial charge in [-0.1, -0.05) is 72.8 Å². The number of rotatable bonds is 8. The summed E-state index contributed by atoms with van der Waals surface area (Å²) in [7, 11) is 0. The van der Waals surface area contributed by atoms with E-state index in [-0.39, 0.29) is 16.2 Å². The molecule has 0 bridgehead atoms. The van der Waals surface area contributed by atoms with E-state index in [2.05, 4.69) is 99.2 Å². The van der Waals surface area contributed by atoms with Gasteiger partial charge in [-0.05, 0) is 66.2 Å². The van der Waals surface area contributed by atoms with Gasteiger partial charge in [0.25, 0.3) is 0 Å². The summed E-state index contributed by atoms with van der Waals surface area (Å²) in [4.78, 5) is 0. The molecule has 0 radical (unpaired) electrons. The van der Waals surface area contributed by atoms with Crippen molar-refractivity contribution in [3.05, 3.63) is 121 Å². The summed E-state index contributed by atoms with van der Waals surface area (Å²) in [6.45, 7) is 16.8. The number of fused-ring (bicyclic) bond motifs is 2. The van der Waals surface area contributed by atoms with Crippen molar-refractivity contribution in [2.75, 3.05) is 0 Å². The molecule has 0 saturated carbocycles. The lowest BCUT2D eigenvalue weighted by Gasteiger charge is -2.47. The van der Waals surface area contributed by atoms with Crippen molar-refractivity contribution in [3.63, 3.8) is 0 Å². The van der Waals surface area contributed by atoms with E-state index in [1.54, 1.807) is 0 Å². The second kappa shape index (κ2) is 7.34. The predicted molar refractivity (Wildman–Crippen MR) is 125 cm³/mol. The minimum Gasteiger partial charge on any atom is -0.103 e. The largest absolute Gasteiger partial charge is 0.103 e. The molecule has 2 aliphatic rings. The van der Waals surface area contributed by atoms with Crippen LogP contribution in [-0.4, -0.2) is 0 Å². The Hall–Kier alpha value is -2.60. The fraction of sp³-hybridized carbons (Fsp3) is 0.310. The molecule has 0 amide bonds. The maximum absolute atomic E-state index is 4.45. The number of hydrogen-bond acceptors (Lipinski definition) is 0. The fourth-order valence-corrected chi connectivity index (χ4v) is 6.54. The van der Waals surface area contributed by atoms with Crippen LogP contribution in [0, 0.1) is 5.41 Å². The zero-order valence-corrected chi connectivity index (χ0v) is 17.5. The van der Waals surface area contributed by atoms with E-state index in [4.69, 9.17) is 0 Å². The number of allylic oxidation sites excluding steroid dienone is 4. The molecule has 0 heterocycles. The first kappa shape index (κ1) is 19.7. The molecule has 1 atom stereocenters. The van der Waals surface area contributed by atoms with Crippen molar-refractivity contribution >= 4 is 0 Å². The van der Waals surface area contributed by atoms with Gasteiger partial charge in [0.15, 0.2) is 0 Å². The lowest BCUT2D eigenvalue weighted by molar-refractivity contribution is 0.148. The standard InChI is InChI=1S/C29H32/c1-5-17-27(18-6-2)22-29(8-4,26-16-12-11-15-25(26)27)28(19-7-3)20-23-13-9-10-14-24(23)21-28/h5-16H,1-4,17-22H2. The Bertz CT molecular complexity index is 925. The second-order valence-corrected chi connectivity index (χ2v) is 9.06. The van der Waals surface area contributed by atoms with Crippen molar-refractivity contribution in [3.8, 4) is 0 Å². The highest BCUT2D eigenvalue weighted by Crippen LogP contribution is 2.64. The van der Waals surface area contributed by atoms with E-state index in [1.807, 2.05) is 0 Å². The van der Waals surface area contributed by atoms with Gasteiger partial charge in [0.1, 0.15) is 0 Å². The highest BCUT2D eigenvalue weighted by atomic mass is 14.6. The molecule has 0 fully saturated rings. The lowest BCUT2D eigenvalue weighted by Crippen LogP contribution is -2.45. The summed E-state index contributed by atoms with van der Waals surface area (Å²) < 4.78 is 0. The highest BCUT2D eigenvalue weighted by Gasteiger charge is 2.60. The van der Waals surface area contributed by atoms with Crippen molar-refractivity contribution in [2.24, 2.45) is 5.41 Å². The maximum atomic E-state index is 4.45. The van der Waals surface area contributed by atoms with Crippen LogP contribution < -0.4 is 0 Å². The first-order valence-electron chi connectivity index (χ1n) is 10.7. The molecule has 0 nitrogen and oxygen atoms in total. The summed E-state index contributed by atoms with van der Waals surface area (Å²) in [6.07, 6.45) is 14.7. The summed E-state index contributed by atoms with van der Waals surface area (Å²) >= 11 is 0. The zero-order valence-electron chi connectivity index (χ0n) is 17.5. The van der Waals surface area contributed by atoms with E-state index in [9.17, 15) is 0 Å². The Labute approximate surface area is 176 Å². The van der Waals surface area contributed by atoms with Crippen molar-refractivity contribution in [2.45, 2.75) is 49.4 Å². The molecule has 2 aromatic carbocycles. The Morgan fingerprint density at radius 3 is 1.72 bits per heavy atom. The number of benzene rings is 2. The van der Waals surface area contributed by atoms with Gasteiger partial charge in [-0.15, -0.1) is 26.3 Å². The van der Waals surface area contributed by atoms with Crippen LogP contribution in [0.5, 0.6) is 0 Å². The molecule has 0 heteroatoms. The normalized spacial score (nSPS) is 23.0. The van der Waals surface area contributed by atoms with Crippen molar-refractivity contribution in [1.29, 1.82) is 0 Å². The highest BCUT2D eigenvalue weighted by molar-refractivity contribution is 5.54. The first-order chi connectivity index (χ1) is 14.1.